The van der Waals surface area contributed by atoms with Crippen LogP contribution in [-0.2, 0) is 19.5 Å². The average molecular weight is 461 g/mol. The Balaban J connectivity index is 0.00000243. The third-order valence-electron chi connectivity index (χ3n) is 4.04. The molecule has 1 heterocycles. The molecule has 3 rings (SSSR count). The van der Waals surface area contributed by atoms with E-state index in [0.717, 1.165) is 24.2 Å². The third-order valence-corrected chi connectivity index (χ3v) is 4.04. The first-order valence-corrected chi connectivity index (χ1v) is 8.44. The predicted octanol–water partition coefficient (Wildman–Crippen LogP) is 4.04. The van der Waals surface area contributed by atoms with Crippen molar-refractivity contribution in [3.05, 3.63) is 83.7 Å². The molecular weight excluding hydrogens is 437 g/mol. The molecule has 0 radical (unpaired) electrons. The number of hydrogen-bond donors (Lipinski definition) is 2. The minimum atomic E-state index is 0. The summed E-state index contributed by atoms with van der Waals surface area (Å²) in [6, 6.07) is 18.4. The van der Waals surface area contributed by atoms with Gasteiger partial charge in [-0.05, 0) is 41.3 Å². The van der Waals surface area contributed by atoms with Crippen molar-refractivity contribution in [3.63, 3.8) is 0 Å². The molecule has 0 fully saturated rings. The van der Waals surface area contributed by atoms with Crippen LogP contribution in [0.15, 0.2) is 72.0 Å². The van der Waals surface area contributed by atoms with E-state index >= 15 is 0 Å². The van der Waals surface area contributed by atoms with Gasteiger partial charge in [0.05, 0.1) is 13.1 Å². The van der Waals surface area contributed by atoms with E-state index in [1.807, 2.05) is 41.2 Å². The van der Waals surface area contributed by atoms with Crippen molar-refractivity contribution in [1.82, 2.24) is 9.78 Å². The van der Waals surface area contributed by atoms with Gasteiger partial charge in [-0.3, -0.25) is 4.68 Å². The second kappa shape index (κ2) is 9.96. The molecule has 0 aliphatic carbocycles. The normalized spacial score (nSPS) is 11.0. The molecule has 136 valence electrons. The van der Waals surface area contributed by atoms with Gasteiger partial charge in [0.2, 0.25) is 0 Å². The summed E-state index contributed by atoms with van der Waals surface area (Å²) in [4.78, 5) is 4.49. The first-order valence-electron chi connectivity index (χ1n) is 8.44. The Bertz CT molecular complexity index is 843. The molecule has 0 atom stereocenters. The molecule has 3 aromatic rings. The van der Waals surface area contributed by atoms with Crippen LogP contribution in [0.1, 0.15) is 23.6 Å². The first kappa shape index (κ1) is 20.0. The zero-order valence-electron chi connectivity index (χ0n) is 14.8. The van der Waals surface area contributed by atoms with Crippen LogP contribution in [0.3, 0.4) is 0 Å². The molecule has 0 bridgehead atoms. The van der Waals surface area contributed by atoms with Crippen molar-refractivity contribution < 1.29 is 0 Å². The van der Waals surface area contributed by atoms with Crippen LogP contribution in [0.5, 0.6) is 0 Å². The van der Waals surface area contributed by atoms with E-state index in [1.165, 1.54) is 11.1 Å². The van der Waals surface area contributed by atoms with Crippen molar-refractivity contribution in [1.29, 1.82) is 0 Å². The monoisotopic (exact) mass is 461 g/mol. The molecule has 0 aliphatic rings. The summed E-state index contributed by atoms with van der Waals surface area (Å²) in [7, 11) is 0. The number of aliphatic imine (C=N–C) groups is 1. The zero-order chi connectivity index (χ0) is 17.5. The minimum absolute atomic E-state index is 0. The van der Waals surface area contributed by atoms with E-state index in [4.69, 9.17) is 5.73 Å². The van der Waals surface area contributed by atoms with Gasteiger partial charge < -0.3 is 11.1 Å². The van der Waals surface area contributed by atoms with Crippen LogP contribution in [0.2, 0.25) is 0 Å². The highest BCUT2D eigenvalue weighted by Crippen LogP contribution is 2.13. The lowest BCUT2D eigenvalue weighted by atomic mass is 10.1. The second-order valence-corrected chi connectivity index (χ2v) is 5.85. The lowest BCUT2D eigenvalue weighted by molar-refractivity contribution is 0.681. The fraction of sp³-hybridized carbons (Fsp3) is 0.200. The molecule has 6 heteroatoms. The number of aryl methyl sites for hydroxylation is 1. The summed E-state index contributed by atoms with van der Waals surface area (Å²) in [5.74, 6) is 0.419. The van der Waals surface area contributed by atoms with Gasteiger partial charge in [-0.25, -0.2) is 4.99 Å². The number of guanidine groups is 1. The summed E-state index contributed by atoms with van der Waals surface area (Å²) < 4.78 is 1.90. The molecule has 0 saturated carbocycles. The van der Waals surface area contributed by atoms with Crippen molar-refractivity contribution in [2.24, 2.45) is 10.7 Å². The molecule has 3 N–H and O–H groups in total. The number of anilines is 1. The Morgan fingerprint density at radius 2 is 1.92 bits per heavy atom. The Hall–Kier alpha value is -2.35. The maximum absolute atomic E-state index is 6.05. The van der Waals surface area contributed by atoms with E-state index in [2.05, 4.69) is 46.6 Å². The fourth-order valence-corrected chi connectivity index (χ4v) is 2.66. The summed E-state index contributed by atoms with van der Waals surface area (Å²) in [6.45, 7) is 3.39. The summed E-state index contributed by atoms with van der Waals surface area (Å²) in [6.07, 6.45) is 4.73. The highest BCUT2D eigenvalue weighted by Gasteiger charge is 2.03. The first-order chi connectivity index (χ1) is 12.2. The van der Waals surface area contributed by atoms with Crippen LogP contribution in [0.25, 0.3) is 0 Å². The van der Waals surface area contributed by atoms with Gasteiger partial charge in [0.1, 0.15) is 0 Å². The maximum Gasteiger partial charge on any atom is 0.193 e. The van der Waals surface area contributed by atoms with Crippen LogP contribution in [0.4, 0.5) is 5.69 Å². The van der Waals surface area contributed by atoms with Gasteiger partial charge in [-0.1, -0.05) is 43.3 Å². The Kier molecular flexibility index (Phi) is 7.65. The number of benzene rings is 2. The highest BCUT2D eigenvalue weighted by atomic mass is 127. The van der Waals surface area contributed by atoms with Gasteiger partial charge in [-0.15, -0.1) is 24.0 Å². The molecule has 0 saturated heterocycles. The Morgan fingerprint density at radius 1 is 1.12 bits per heavy atom. The molecule has 0 aliphatic heterocycles. The number of aromatic nitrogens is 2. The van der Waals surface area contributed by atoms with Crippen LogP contribution < -0.4 is 11.1 Å². The van der Waals surface area contributed by atoms with Crippen LogP contribution in [-0.4, -0.2) is 15.7 Å². The molecular formula is C20H24IN5. The number of nitrogens with zero attached hydrogens (tertiary/aromatic N) is 3. The van der Waals surface area contributed by atoms with Crippen LogP contribution >= 0.6 is 24.0 Å². The molecule has 2 aromatic carbocycles. The van der Waals surface area contributed by atoms with Gasteiger partial charge in [-0.2, -0.15) is 5.10 Å². The maximum atomic E-state index is 6.05. The van der Waals surface area contributed by atoms with E-state index in [1.54, 1.807) is 6.20 Å². The third kappa shape index (κ3) is 5.59. The molecule has 5 nitrogen and oxygen atoms in total. The summed E-state index contributed by atoms with van der Waals surface area (Å²) >= 11 is 0. The minimum Gasteiger partial charge on any atom is -0.370 e. The van der Waals surface area contributed by atoms with Crippen molar-refractivity contribution in [2.45, 2.75) is 26.4 Å². The van der Waals surface area contributed by atoms with Crippen molar-refractivity contribution >= 4 is 35.6 Å². The summed E-state index contributed by atoms with van der Waals surface area (Å²) in [5, 5.41) is 7.43. The number of hydrogen-bond acceptors (Lipinski definition) is 2. The SMILES string of the molecule is CCc1cccc(NC(N)=NCc2ccccc2Cn2cccn2)c1.I. The number of nitrogens with one attached hydrogen (secondary N) is 1. The zero-order valence-corrected chi connectivity index (χ0v) is 17.1. The molecule has 0 amide bonds. The Labute approximate surface area is 171 Å². The fourth-order valence-electron chi connectivity index (χ4n) is 2.66. The molecule has 26 heavy (non-hydrogen) atoms. The van der Waals surface area contributed by atoms with Gasteiger partial charge in [0.25, 0.3) is 0 Å². The standard InChI is InChI=1S/C20H23N5.HI/c1-2-16-7-5-10-19(13-16)24-20(21)22-14-17-8-3-4-9-18(17)15-25-12-6-11-23-25;/h3-13H,2,14-15H2,1H3,(H3,21,22,24);1H. The van der Waals surface area contributed by atoms with Crippen molar-refractivity contribution in [2.75, 3.05) is 5.32 Å². The van der Waals surface area contributed by atoms with E-state index < -0.39 is 0 Å². The lowest BCUT2D eigenvalue weighted by Gasteiger charge is -2.10. The topological polar surface area (TPSA) is 68.2 Å². The predicted molar refractivity (Wildman–Crippen MR) is 118 cm³/mol. The largest absolute Gasteiger partial charge is 0.370 e. The smallest absolute Gasteiger partial charge is 0.193 e. The van der Waals surface area contributed by atoms with Crippen molar-refractivity contribution in [3.8, 4) is 0 Å². The number of halogens is 1. The van der Waals surface area contributed by atoms with Gasteiger partial charge >= 0.3 is 0 Å². The molecule has 1 aromatic heterocycles. The Morgan fingerprint density at radius 3 is 2.65 bits per heavy atom. The highest BCUT2D eigenvalue weighted by molar-refractivity contribution is 14.0. The number of rotatable bonds is 6. The molecule has 0 spiro atoms. The second-order valence-electron chi connectivity index (χ2n) is 5.85. The average Bonchev–Trinajstić information content (AvgIpc) is 3.14. The van der Waals surface area contributed by atoms with E-state index in [9.17, 15) is 0 Å². The molecule has 0 unspecified atom stereocenters. The summed E-state index contributed by atoms with van der Waals surface area (Å²) in [5.41, 5.74) is 10.6. The van der Waals surface area contributed by atoms with Gasteiger partial charge in [0.15, 0.2) is 5.96 Å². The van der Waals surface area contributed by atoms with E-state index in [0.29, 0.717) is 12.5 Å². The van der Waals surface area contributed by atoms with Gasteiger partial charge in [0, 0.05) is 18.1 Å². The van der Waals surface area contributed by atoms with Crippen LogP contribution in [0, 0.1) is 0 Å². The van der Waals surface area contributed by atoms with E-state index in [-0.39, 0.29) is 24.0 Å². The lowest BCUT2D eigenvalue weighted by Crippen LogP contribution is -2.22. The number of nitrogens with two attached hydrogens (primary N) is 1. The quantitative estimate of drug-likeness (QED) is 0.331.